The molecule has 190 valence electrons. The fourth-order valence-electron chi connectivity index (χ4n) is 5.69. The Bertz CT molecular complexity index is 1210. The van der Waals surface area contributed by atoms with E-state index in [9.17, 15) is 9.59 Å². The summed E-state index contributed by atoms with van der Waals surface area (Å²) in [6.45, 7) is 8.11. The molecular formula is C30H38N4O2. The van der Waals surface area contributed by atoms with Crippen LogP contribution in [0.3, 0.4) is 0 Å². The summed E-state index contributed by atoms with van der Waals surface area (Å²) in [6.07, 6.45) is 4.28. The molecule has 6 heteroatoms. The van der Waals surface area contributed by atoms with Gasteiger partial charge in [0.25, 0.3) is 0 Å². The van der Waals surface area contributed by atoms with Crippen LogP contribution in [0.5, 0.6) is 0 Å². The van der Waals surface area contributed by atoms with Gasteiger partial charge in [0.15, 0.2) is 0 Å². The Morgan fingerprint density at radius 3 is 2.56 bits per heavy atom. The van der Waals surface area contributed by atoms with Gasteiger partial charge in [0, 0.05) is 56.3 Å². The molecule has 1 N–H and O–H groups in total. The molecule has 1 aromatic heterocycles. The third-order valence-electron chi connectivity index (χ3n) is 7.91. The Balaban J connectivity index is 1.15. The van der Waals surface area contributed by atoms with Crippen LogP contribution in [0.4, 0.5) is 0 Å². The van der Waals surface area contributed by atoms with E-state index in [1.165, 1.54) is 27.7 Å². The molecule has 0 radical (unpaired) electrons. The molecule has 0 unspecified atom stereocenters. The van der Waals surface area contributed by atoms with Crippen LogP contribution in [-0.4, -0.2) is 58.9 Å². The van der Waals surface area contributed by atoms with Gasteiger partial charge in [0.05, 0.1) is 0 Å². The summed E-state index contributed by atoms with van der Waals surface area (Å²) < 4.78 is 2.46. The number of fused-ring (bicyclic) bond motifs is 1. The van der Waals surface area contributed by atoms with Crippen molar-refractivity contribution < 1.29 is 9.59 Å². The highest BCUT2D eigenvalue weighted by Gasteiger charge is 2.26. The maximum absolute atomic E-state index is 12.7. The van der Waals surface area contributed by atoms with Gasteiger partial charge < -0.3 is 14.8 Å². The molecule has 2 amide bonds. The molecular weight excluding hydrogens is 448 g/mol. The highest BCUT2D eigenvalue weighted by Crippen LogP contribution is 2.25. The lowest BCUT2D eigenvalue weighted by Gasteiger charge is -2.31. The molecule has 0 spiro atoms. The van der Waals surface area contributed by atoms with Gasteiger partial charge >= 0.3 is 0 Å². The van der Waals surface area contributed by atoms with Crippen LogP contribution in [0, 0.1) is 12.8 Å². The first-order valence-electron chi connectivity index (χ1n) is 13.5. The van der Waals surface area contributed by atoms with Gasteiger partial charge in [-0.3, -0.25) is 14.5 Å². The molecule has 2 saturated heterocycles. The summed E-state index contributed by atoms with van der Waals surface area (Å²) in [7, 11) is 0. The number of carbonyl (C=O) groups excluding carboxylic acids is 2. The number of rotatable bonds is 9. The average molecular weight is 487 g/mol. The first-order chi connectivity index (χ1) is 17.6. The fourth-order valence-corrected chi connectivity index (χ4v) is 5.69. The van der Waals surface area contributed by atoms with Crippen LogP contribution >= 0.6 is 0 Å². The lowest BCUT2D eigenvalue weighted by molar-refractivity contribution is -0.127. The van der Waals surface area contributed by atoms with E-state index in [0.717, 1.165) is 65.0 Å². The van der Waals surface area contributed by atoms with Crippen molar-refractivity contribution >= 4 is 22.7 Å². The monoisotopic (exact) mass is 486 g/mol. The molecule has 2 fully saturated rings. The maximum Gasteiger partial charge on any atom is 0.223 e. The molecule has 0 atom stereocenters. The number of likely N-dealkylation sites (tertiary alicyclic amines) is 2. The summed E-state index contributed by atoms with van der Waals surface area (Å²) >= 11 is 0. The van der Waals surface area contributed by atoms with E-state index < -0.39 is 0 Å². The molecule has 2 aliphatic heterocycles. The largest absolute Gasteiger partial charge is 0.356 e. The first kappa shape index (κ1) is 24.6. The smallest absolute Gasteiger partial charge is 0.223 e. The minimum Gasteiger partial charge on any atom is -0.356 e. The number of piperidine rings is 1. The Hall–Kier alpha value is -3.12. The number of carbonyl (C=O) groups is 2. The Labute approximate surface area is 214 Å². The van der Waals surface area contributed by atoms with Crippen LogP contribution in [0.15, 0.2) is 54.6 Å². The number of hydrogen-bond acceptors (Lipinski definition) is 3. The molecule has 6 nitrogen and oxygen atoms in total. The van der Waals surface area contributed by atoms with Gasteiger partial charge in [-0.15, -0.1) is 0 Å². The fraction of sp³-hybridized carbons (Fsp3) is 0.467. The van der Waals surface area contributed by atoms with Crippen molar-refractivity contribution in [3.8, 4) is 0 Å². The van der Waals surface area contributed by atoms with Gasteiger partial charge in [-0.05, 0) is 74.3 Å². The van der Waals surface area contributed by atoms with E-state index in [0.29, 0.717) is 13.0 Å². The average Bonchev–Trinajstić information content (AvgIpc) is 3.46. The van der Waals surface area contributed by atoms with Crippen molar-refractivity contribution in [2.24, 2.45) is 5.92 Å². The van der Waals surface area contributed by atoms with Crippen LogP contribution in [0.1, 0.15) is 48.9 Å². The standard InChI is InChI=1S/C30H38N4O2/c1-23-8-2-3-10-26(23)21-34-27(20-25-9-4-5-11-28(25)34)22-32-18-13-24(14-19-32)30(36)31-15-7-17-33-16-6-12-29(33)35/h2-5,8-11,20,24H,6-7,12-19,21-22H2,1H3,(H,31,36). The summed E-state index contributed by atoms with van der Waals surface area (Å²) in [6, 6.07) is 19.6. The Morgan fingerprint density at radius 1 is 1.00 bits per heavy atom. The van der Waals surface area contributed by atoms with E-state index in [-0.39, 0.29) is 17.7 Å². The van der Waals surface area contributed by atoms with Crippen LogP contribution in [-0.2, 0) is 22.7 Å². The van der Waals surface area contributed by atoms with E-state index in [2.05, 4.69) is 76.3 Å². The van der Waals surface area contributed by atoms with Gasteiger partial charge in [-0.2, -0.15) is 0 Å². The molecule has 36 heavy (non-hydrogen) atoms. The van der Waals surface area contributed by atoms with Gasteiger partial charge in [-0.25, -0.2) is 0 Å². The van der Waals surface area contributed by atoms with Crippen molar-refractivity contribution in [1.82, 2.24) is 19.7 Å². The second kappa shape index (κ2) is 11.3. The highest BCUT2D eigenvalue weighted by atomic mass is 16.2. The molecule has 0 saturated carbocycles. The summed E-state index contributed by atoms with van der Waals surface area (Å²) in [5.41, 5.74) is 5.28. The quantitative estimate of drug-likeness (QED) is 0.458. The first-order valence-corrected chi connectivity index (χ1v) is 13.5. The number of nitrogens with one attached hydrogen (secondary N) is 1. The summed E-state index contributed by atoms with van der Waals surface area (Å²) in [4.78, 5) is 28.8. The number of benzene rings is 2. The second-order valence-corrected chi connectivity index (χ2v) is 10.4. The van der Waals surface area contributed by atoms with Crippen molar-refractivity contribution in [2.45, 2.75) is 52.1 Å². The molecule has 3 heterocycles. The molecule has 0 bridgehead atoms. The minimum absolute atomic E-state index is 0.0903. The SMILES string of the molecule is Cc1ccccc1Cn1c(CN2CCC(C(=O)NCCCN3CCCC3=O)CC2)cc2ccccc21. The number of aryl methyl sites for hydroxylation is 1. The third kappa shape index (κ3) is 5.65. The van der Waals surface area contributed by atoms with Crippen LogP contribution in [0.2, 0.25) is 0 Å². The topological polar surface area (TPSA) is 57.6 Å². The van der Waals surface area contributed by atoms with Gasteiger partial charge in [0.1, 0.15) is 0 Å². The predicted molar refractivity (Wildman–Crippen MR) is 144 cm³/mol. The Kier molecular flexibility index (Phi) is 7.71. The van der Waals surface area contributed by atoms with Crippen LogP contribution < -0.4 is 5.32 Å². The van der Waals surface area contributed by atoms with Gasteiger partial charge in [0.2, 0.25) is 11.8 Å². The van der Waals surface area contributed by atoms with E-state index in [4.69, 9.17) is 0 Å². The van der Waals surface area contributed by atoms with Crippen LogP contribution in [0.25, 0.3) is 10.9 Å². The predicted octanol–water partition coefficient (Wildman–Crippen LogP) is 4.34. The number of aromatic nitrogens is 1. The number of nitrogens with zero attached hydrogens (tertiary/aromatic N) is 3. The summed E-state index contributed by atoms with van der Waals surface area (Å²) in [5.74, 6) is 0.523. The molecule has 5 rings (SSSR count). The minimum atomic E-state index is 0.0903. The van der Waals surface area contributed by atoms with Crippen molar-refractivity contribution in [2.75, 3.05) is 32.7 Å². The lowest BCUT2D eigenvalue weighted by atomic mass is 9.95. The highest BCUT2D eigenvalue weighted by molar-refractivity contribution is 5.81. The lowest BCUT2D eigenvalue weighted by Crippen LogP contribution is -2.41. The van der Waals surface area contributed by atoms with Crippen molar-refractivity contribution in [3.05, 3.63) is 71.4 Å². The van der Waals surface area contributed by atoms with Crippen molar-refractivity contribution in [3.63, 3.8) is 0 Å². The number of amides is 2. The molecule has 2 aliphatic rings. The van der Waals surface area contributed by atoms with Crippen molar-refractivity contribution in [1.29, 1.82) is 0 Å². The number of hydrogen-bond donors (Lipinski definition) is 1. The summed E-state index contributed by atoms with van der Waals surface area (Å²) in [5, 5.41) is 4.40. The van der Waals surface area contributed by atoms with E-state index in [1.54, 1.807) is 0 Å². The molecule has 2 aromatic carbocycles. The molecule has 0 aliphatic carbocycles. The molecule has 3 aromatic rings. The second-order valence-electron chi connectivity index (χ2n) is 10.4. The maximum atomic E-state index is 12.7. The normalized spacial score (nSPS) is 17.2. The zero-order valence-corrected chi connectivity index (χ0v) is 21.4. The zero-order valence-electron chi connectivity index (χ0n) is 21.4. The zero-order chi connectivity index (χ0) is 24.9. The van der Waals surface area contributed by atoms with Gasteiger partial charge in [-0.1, -0.05) is 42.5 Å². The Morgan fingerprint density at radius 2 is 1.78 bits per heavy atom. The number of para-hydroxylation sites is 1. The third-order valence-corrected chi connectivity index (χ3v) is 7.91. The van der Waals surface area contributed by atoms with E-state index in [1.807, 2.05) is 4.90 Å². The van der Waals surface area contributed by atoms with E-state index >= 15 is 0 Å².